The van der Waals surface area contributed by atoms with E-state index >= 15 is 0 Å². The third-order valence-corrected chi connectivity index (χ3v) is 6.88. The number of hydrogen-bond acceptors (Lipinski definition) is 8. The van der Waals surface area contributed by atoms with Crippen LogP contribution in [0.2, 0.25) is 0 Å². The molecule has 0 bridgehead atoms. The molecule has 1 amide bonds. The standard InChI is InChI=1S/C27H34N8O2/c1-17-11-19(7-8-20(17)13-28-25(36)24-31-26(37-32-24)27(3,4)5)23-22-12-21(15-35(22)30-16-29-23)34-10-9-33(6)14-18(34)2/h7-8,11-12,15-16,18H,9-10,13-14H2,1-6H3,(H,28,36)/t18-/m1/s1. The van der Waals surface area contributed by atoms with Gasteiger partial charge in [-0.1, -0.05) is 38.1 Å². The Kier molecular flexibility index (Phi) is 6.45. The van der Waals surface area contributed by atoms with E-state index < -0.39 is 0 Å². The maximum atomic E-state index is 12.6. The molecule has 1 N–H and O–H groups in total. The van der Waals surface area contributed by atoms with Gasteiger partial charge in [0.25, 0.3) is 11.7 Å². The van der Waals surface area contributed by atoms with Crippen molar-refractivity contribution in [2.45, 2.75) is 52.6 Å². The van der Waals surface area contributed by atoms with Crippen molar-refractivity contribution in [1.29, 1.82) is 0 Å². The van der Waals surface area contributed by atoms with E-state index in [2.05, 4.69) is 67.6 Å². The SMILES string of the molecule is Cc1cc(-c2ncnn3cc(N4CCN(C)C[C@H]4C)cc23)ccc1CNC(=O)c1noc(C(C)(C)C)n1. The van der Waals surface area contributed by atoms with Crippen LogP contribution < -0.4 is 10.2 Å². The van der Waals surface area contributed by atoms with Gasteiger partial charge in [0.2, 0.25) is 5.89 Å². The molecule has 0 saturated carbocycles. The monoisotopic (exact) mass is 502 g/mol. The first-order valence-corrected chi connectivity index (χ1v) is 12.6. The molecule has 0 aliphatic carbocycles. The van der Waals surface area contributed by atoms with Crippen LogP contribution in [0.1, 0.15) is 55.3 Å². The van der Waals surface area contributed by atoms with E-state index in [1.165, 1.54) is 0 Å². The topological polar surface area (TPSA) is 105 Å². The van der Waals surface area contributed by atoms with E-state index in [0.717, 1.165) is 53.2 Å². The number of fused-ring (bicyclic) bond motifs is 1. The molecule has 1 aliphatic rings. The number of benzene rings is 1. The number of nitrogens with zero attached hydrogens (tertiary/aromatic N) is 7. The molecule has 3 aromatic heterocycles. The molecular weight excluding hydrogens is 468 g/mol. The Labute approximate surface area is 216 Å². The Bertz CT molecular complexity index is 1430. The highest BCUT2D eigenvalue weighted by molar-refractivity contribution is 5.90. The number of anilines is 1. The summed E-state index contributed by atoms with van der Waals surface area (Å²) in [6.45, 7) is 13.6. The van der Waals surface area contributed by atoms with Crippen molar-refractivity contribution in [2.75, 3.05) is 31.6 Å². The number of rotatable bonds is 5. The van der Waals surface area contributed by atoms with Crippen molar-refractivity contribution in [3.05, 3.63) is 59.6 Å². The molecule has 37 heavy (non-hydrogen) atoms. The fourth-order valence-corrected chi connectivity index (χ4v) is 4.74. The van der Waals surface area contributed by atoms with Crippen LogP contribution in [-0.4, -0.2) is 68.3 Å². The average molecular weight is 503 g/mol. The predicted octanol–water partition coefficient (Wildman–Crippen LogP) is 3.46. The van der Waals surface area contributed by atoms with Gasteiger partial charge in [-0.15, -0.1) is 0 Å². The smallest absolute Gasteiger partial charge is 0.292 e. The molecule has 1 atom stereocenters. The zero-order valence-corrected chi connectivity index (χ0v) is 22.3. The molecule has 1 fully saturated rings. The Morgan fingerprint density at radius 3 is 2.73 bits per heavy atom. The molecule has 0 spiro atoms. The van der Waals surface area contributed by atoms with Crippen LogP contribution in [0.15, 0.2) is 41.3 Å². The molecule has 1 aliphatic heterocycles. The lowest BCUT2D eigenvalue weighted by molar-refractivity contribution is 0.0937. The van der Waals surface area contributed by atoms with Crippen LogP contribution >= 0.6 is 0 Å². The summed E-state index contributed by atoms with van der Waals surface area (Å²) in [6, 6.07) is 8.76. The summed E-state index contributed by atoms with van der Waals surface area (Å²) in [4.78, 5) is 26.2. The molecule has 0 unspecified atom stereocenters. The van der Waals surface area contributed by atoms with E-state index in [1.807, 2.05) is 44.3 Å². The lowest BCUT2D eigenvalue weighted by Gasteiger charge is -2.39. The molecular formula is C27H34N8O2. The van der Waals surface area contributed by atoms with Gasteiger partial charge in [-0.2, -0.15) is 10.1 Å². The quantitative estimate of drug-likeness (QED) is 0.443. The van der Waals surface area contributed by atoms with Crippen LogP contribution in [-0.2, 0) is 12.0 Å². The molecule has 10 nitrogen and oxygen atoms in total. The third-order valence-electron chi connectivity index (χ3n) is 6.88. The van der Waals surface area contributed by atoms with Crippen molar-refractivity contribution in [1.82, 2.24) is 35.0 Å². The first kappa shape index (κ1) is 24.9. The normalized spacial score (nSPS) is 16.9. The summed E-state index contributed by atoms with van der Waals surface area (Å²) in [6.07, 6.45) is 3.68. The highest BCUT2D eigenvalue weighted by Crippen LogP contribution is 2.29. The Balaban J connectivity index is 1.33. The van der Waals surface area contributed by atoms with Gasteiger partial charge in [-0.05, 0) is 44.2 Å². The highest BCUT2D eigenvalue weighted by Gasteiger charge is 2.25. The lowest BCUT2D eigenvalue weighted by Crippen LogP contribution is -2.50. The van der Waals surface area contributed by atoms with Gasteiger partial charge in [0.1, 0.15) is 6.33 Å². The molecule has 4 aromatic rings. The van der Waals surface area contributed by atoms with E-state index in [0.29, 0.717) is 18.5 Å². The minimum absolute atomic E-state index is 0.0429. The van der Waals surface area contributed by atoms with E-state index in [1.54, 1.807) is 6.33 Å². The maximum absolute atomic E-state index is 12.6. The summed E-state index contributed by atoms with van der Waals surface area (Å²) in [5.74, 6) is 0.116. The number of likely N-dealkylation sites (N-methyl/N-ethyl adjacent to an activating group) is 1. The second kappa shape index (κ2) is 9.59. The van der Waals surface area contributed by atoms with Crippen LogP contribution in [0.3, 0.4) is 0 Å². The van der Waals surface area contributed by atoms with Gasteiger partial charge < -0.3 is 19.6 Å². The molecule has 4 heterocycles. The Morgan fingerprint density at radius 1 is 1.22 bits per heavy atom. The van der Waals surface area contributed by atoms with Gasteiger partial charge in [0.05, 0.1) is 23.1 Å². The van der Waals surface area contributed by atoms with Crippen molar-refractivity contribution in [2.24, 2.45) is 0 Å². The summed E-state index contributed by atoms with van der Waals surface area (Å²) in [7, 11) is 2.17. The second-order valence-corrected chi connectivity index (χ2v) is 10.9. The largest absolute Gasteiger partial charge is 0.365 e. The minimum atomic E-state index is -0.362. The number of aryl methyl sites for hydroxylation is 1. The molecule has 1 saturated heterocycles. The van der Waals surface area contributed by atoms with Crippen LogP contribution in [0.4, 0.5) is 5.69 Å². The molecule has 0 radical (unpaired) electrons. The van der Waals surface area contributed by atoms with E-state index in [-0.39, 0.29) is 17.1 Å². The molecule has 10 heteroatoms. The van der Waals surface area contributed by atoms with Gasteiger partial charge >= 0.3 is 0 Å². The minimum Gasteiger partial charge on any atom is -0.365 e. The number of hydrogen-bond donors (Lipinski definition) is 1. The molecule has 194 valence electrons. The van der Waals surface area contributed by atoms with Crippen LogP contribution in [0, 0.1) is 6.92 Å². The Morgan fingerprint density at radius 2 is 2.03 bits per heavy atom. The van der Waals surface area contributed by atoms with Gasteiger partial charge in [-0.25, -0.2) is 9.50 Å². The fraction of sp³-hybridized carbons (Fsp3) is 0.444. The number of amides is 1. The zero-order chi connectivity index (χ0) is 26.3. The number of carbonyl (C=O) groups excluding carboxylic acids is 1. The number of aromatic nitrogens is 5. The van der Waals surface area contributed by atoms with Crippen molar-refractivity contribution < 1.29 is 9.32 Å². The fourth-order valence-electron chi connectivity index (χ4n) is 4.74. The van der Waals surface area contributed by atoms with E-state index in [9.17, 15) is 4.79 Å². The summed E-state index contributed by atoms with van der Waals surface area (Å²) in [5, 5.41) is 11.2. The summed E-state index contributed by atoms with van der Waals surface area (Å²) in [5.41, 5.74) is 5.76. The zero-order valence-electron chi connectivity index (χ0n) is 22.3. The van der Waals surface area contributed by atoms with Gasteiger partial charge in [-0.3, -0.25) is 4.79 Å². The van der Waals surface area contributed by atoms with Gasteiger partial charge in [0, 0.05) is 43.2 Å². The second-order valence-electron chi connectivity index (χ2n) is 10.9. The summed E-state index contributed by atoms with van der Waals surface area (Å²) < 4.78 is 7.14. The summed E-state index contributed by atoms with van der Waals surface area (Å²) >= 11 is 0. The van der Waals surface area contributed by atoms with Crippen molar-refractivity contribution in [3.63, 3.8) is 0 Å². The van der Waals surface area contributed by atoms with Crippen molar-refractivity contribution in [3.8, 4) is 11.3 Å². The highest BCUT2D eigenvalue weighted by atomic mass is 16.5. The average Bonchev–Trinajstić information content (AvgIpc) is 3.50. The molecule has 1 aromatic carbocycles. The maximum Gasteiger partial charge on any atom is 0.292 e. The van der Waals surface area contributed by atoms with Crippen molar-refractivity contribution >= 4 is 17.1 Å². The third kappa shape index (κ3) is 5.06. The van der Waals surface area contributed by atoms with Gasteiger partial charge in [0.15, 0.2) is 0 Å². The first-order chi connectivity index (χ1) is 17.6. The predicted molar refractivity (Wildman–Crippen MR) is 142 cm³/mol. The lowest BCUT2D eigenvalue weighted by atomic mass is 9.97. The number of piperazine rings is 1. The van der Waals surface area contributed by atoms with Crippen LogP contribution in [0.25, 0.3) is 16.8 Å². The van der Waals surface area contributed by atoms with E-state index in [4.69, 9.17) is 4.52 Å². The number of carbonyl (C=O) groups is 1. The molecule has 5 rings (SSSR count). The Hall–Kier alpha value is -3.79. The first-order valence-electron chi connectivity index (χ1n) is 12.6. The number of nitrogens with one attached hydrogen (secondary N) is 1. The van der Waals surface area contributed by atoms with Crippen LogP contribution in [0.5, 0.6) is 0 Å².